The molecule has 0 aromatic heterocycles. The summed E-state index contributed by atoms with van der Waals surface area (Å²) in [5.74, 6) is -0.0192. The number of benzene rings is 2. The molecule has 1 saturated heterocycles. The third kappa shape index (κ3) is 3.06. The first-order valence-corrected chi connectivity index (χ1v) is 9.31. The number of ether oxygens (including phenoxy) is 2. The number of esters is 1. The zero-order valence-electron chi connectivity index (χ0n) is 16.7. The molecule has 2 amide bonds. The van der Waals surface area contributed by atoms with Gasteiger partial charge in [-0.3, -0.25) is 9.59 Å². The van der Waals surface area contributed by atoms with E-state index in [2.05, 4.69) is 17.2 Å². The van der Waals surface area contributed by atoms with Crippen LogP contribution in [0.1, 0.15) is 31.8 Å². The number of nitrogens with one attached hydrogen (secondary N) is 2. The van der Waals surface area contributed by atoms with E-state index in [1.54, 1.807) is 48.4 Å². The van der Waals surface area contributed by atoms with Crippen LogP contribution in [0.3, 0.4) is 0 Å². The van der Waals surface area contributed by atoms with Gasteiger partial charge in [-0.1, -0.05) is 24.8 Å². The molecule has 0 aliphatic carbocycles. The maximum absolute atomic E-state index is 13.0. The van der Waals surface area contributed by atoms with Crippen molar-refractivity contribution in [2.45, 2.75) is 12.1 Å². The molecule has 8 nitrogen and oxygen atoms in total. The zero-order valence-corrected chi connectivity index (χ0v) is 16.7. The van der Waals surface area contributed by atoms with Gasteiger partial charge in [-0.2, -0.15) is 0 Å². The van der Waals surface area contributed by atoms with Gasteiger partial charge in [-0.15, -0.1) is 0 Å². The normalized spacial score (nSPS) is 19.9. The Labute approximate surface area is 173 Å². The Balaban J connectivity index is 1.68. The van der Waals surface area contributed by atoms with Gasteiger partial charge in [-0.25, -0.2) is 4.79 Å². The van der Waals surface area contributed by atoms with Gasteiger partial charge in [0.15, 0.2) is 5.54 Å². The van der Waals surface area contributed by atoms with Crippen molar-refractivity contribution in [1.82, 2.24) is 15.5 Å². The number of hydrogen-bond acceptors (Lipinski definition) is 6. The monoisotopic (exact) mass is 407 g/mol. The van der Waals surface area contributed by atoms with Crippen LogP contribution in [-0.2, 0) is 21.6 Å². The first-order chi connectivity index (χ1) is 14.4. The van der Waals surface area contributed by atoms with Crippen LogP contribution in [0.5, 0.6) is 5.75 Å². The lowest BCUT2D eigenvalue weighted by Crippen LogP contribution is -2.52. The van der Waals surface area contributed by atoms with Gasteiger partial charge in [0.25, 0.3) is 11.8 Å². The van der Waals surface area contributed by atoms with E-state index in [-0.39, 0.29) is 18.4 Å². The largest absolute Gasteiger partial charge is 0.497 e. The van der Waals surface area contributed by atoms with Gasteiger partial charge in [-0.05, 0) is 35.4 Å². The fourth-order valence-corrected chi connectivity index (χ4v) is 3.89. The van der Waals surface area contributed by atoms with Gasteiger partial charge in [0, 0.05) is 12.1 Å². The average Bonchev–Trinajstić information content (AvgIpc) is 3.22. The van der Waals surface area contributed by atoms with Crippen LogP contribution in [0.4, 0.5) is 0 Å². The molecule has 1 atom stereocenters. The average molecular weight is 407 g/mol. The number of carbonyl (C=O) groups is 3. The standard InChI is InChI=1S/C22H21N3O5/c1-13-23-21(28)22(24-13,16-7-4-14(5-8-16)20(27)30-3)12-25-11-15-6-9-17(29-2)10-18(15)19(25)26/h4-10,24H,1,11-12H2,2-3H3,(H,23,28). The van der Waals surface area contributed by atoms with Crippen LogP contribution in [0.2, 0.25) is 0 Å². The summed E-state index contributed by atoms with van der Waals surface area (Å²) in [5.41, 5.74) is 1.17. The Hall–Kier alpha value is -3.81. The maximum atomic E-state index is 13.0. The van der Waals surface area contributed by atoms with Crippen molar-refractivity contribution < 1.29 is 23.9 Å². The molecule has 0 radical (unpaired) electrons. The van der Waals surface area contributed by atoms with E-state index in [4.69, 9.17) is 9.47 Å². The highest BCUT2D eigenvalue weighted by Gasteiger charge is 2.48. The molecule has 30 heavy (non-hydrogen) atoms. The smallest absolute Gasteiger partial charge is 0.337 e. The molecule has 2 aromatic rings. The SMILES string of the molecule is C=C1NC(=O)C(CN2Cc3ccc(OC)cc3C2=O)(c2ccc(C(=O)OC)cc2)N1. The first-order valence-electron chi connectivity index (χ1n) is 9.31. The molecule has 0 bridgehead atoms. The predicted octanol–water partition coefficient (Wildman–Crippen LogP) is 1.52. The Kier molecular flexibility index (Phi) is 4.69. The Morgan fingerprint density at radius 2 is 1.90 bits per heavy atom. The van der Waals surface area contributed by atoms with Crippen molar-refractivity contribution in [2.75, 3.05) is 20.8 Å². The molecular formula is C22H21N3O5. The quantitative estimate of drug-likeness (QED) is 0.730. The minimum atomic E-state index is -1.23. The van der Waals surface area contributed by atoms with Gasteiger partial charge in [0.1, 0.15) is 5.75 Å². The van der Waals surface area contributed by atoms with Gasteiger partial charge in [0.05, 0.1) is 32.1 Å². The topological polar surface area (TPSA) is 97.0 Å². The Morgan fingerprint density at radius 3 is 2.50 bits per heavy atom. The van der Waals surface area contributed by atoms with E-state index in [9.17, 15) is 14.4 Å². The Bertz CT molecular complexity index is 1060. The second-order valence-corrected chi connectivity index (χ2v) is 7.22. The van der Waals surface area contributed by atoms with Crippen molar-refractivity contribution in [3.8, 4) is 5.75 Å². The van der Waals surface area contributed by atoms with Gasteiger partial charge >= 0.3 is 5.97 Å². The van der Waals surface area contributed by atoms with Gasteiger partial charge < -0.3 is 25.0 Å². The predicted molar refractivity (Wildman–Crippen MR) is 108 cm³/mol. The van der Waals surface area contributed by atoms with E-state index in [1.165, 1.54) is 7.11 Å². The molecule has 4 rings (SSSR count). The highest BCUT2D eigenvalue weighted by Crippen LogP contribution is 2.33. The minimum Gasteiger partial charge on any atom is -0.497 e. The minimum absolute atomic E-state index is 0.0885. The van der Waals surface area contributed by atoms with E-state index in [1.807, 2.05) is 6.07 Å². The van der Waals surface area contributed by atoms with Crippen molar-refractivity contribution in [2.24, 2.45) is 0 Å². The van der Waals surface area contributed by atoms with Crippen molar-refractivity contribution in [1.29, 1.82) is 0 Å². The Morgan fingerprint density at radius 1 is 1.17 bits per heavy atom. The van der Waals surface area contributed by atoms with Crippen LogP contribution in [0, 0.1) is 0 Å². The van der Waals surface area contributed by atoms with Crippen LogP contribution >= 0.6 is 0 Å². The number of methoxy groups -OCH3 is 2. The van der Waals surface area contributed by atoms with Crippen molar-refractivity contribution in [3.05, 3.63) is 77.1 Å². The lowest BCUT2D eigenvalue weighted by molar-refractivity contribution is -0.124. The third-order valence-electron chi connectivity index (χ3n) is 5.44. The van der Waals surface area contributed by atoms with E-state index in [0.717, 1.165) is 5.56 Å². The molecule has 2 aliphatic rings. The van der Waals surface area contributed by atoms with Crippen LogP contribution in [0.25, 0.3) is 0 Å². The third-order valence-corrected chi connectivity index (χ3v) is 5.44. The number of amides is 2. The number of carbonyl (C=O) groups excluding carboxylic acids is 3. The fraction of sp³-hybridized carbons (Fsp3) is 0.227. The van der Waals surface area contributed by atoms with Crippen LogP contribution in [0.15, 0.2) is 54.9 Å². The lowest BCUT2D eigenvalue weighted by Gasteiger charge is -2.32. The number of fused-ring (bicyclic) bond motifs is 1. The fourth-order valence-electron chi connectivity index (χ4n) is 3.89. The second-order valence-electron chi connectivity index (χ2n) is 7.22. The van der Waals surface area contributed by atoms with Crippen LogP contribution < -0.4 is 15.4 Å². The molecule has 8 heteroatoms. The van der Waals surface area contributed by atoms with E-state index in [0.29, 0.717) is 34.8 Å². The molecule has 1 fully saturated rings. The molecule has 2 N–H and O–H groups in total. The molecule has 0 saturated carbocycles. The maximum Gasteiger partial charge on any atom is 0.337 e. The molecule has 1 unspecified atom stereocenters. The number of hydrogen-bond donors (Lipinski definition) is 2. The molecule has 2 aromatic carbocycles. The summed E-state index contributed by atoms with van der Waals surface area (Å²) in [7, 11) is 2.85. The summed E-state index contributed by atoms with van der Waals surface area (Å²) in [4.78, 5) is 39.4. The summed E-state index contributed by atoms with van der Waals surface area (Å²) < 4.78 is 9.95. The highest BCUT2D eigenvalue weighted by molar-refractivity contribution is 6.00. The molecule has 154 valence electrons. The first kappa shape index (κ1) is 19.5. The van der Waals surface area contributed by atoms with E-state index < -0.39 is 11.5 Å². The highest BCUT2D eigenvalue weighted by atomic mass is 16.5. The molecular weight excluding hydrogens is 386 g/mol. The number of nitrogens with zero attached hydrogens (tertiary/aromatic N) is 1. The van der Waals surface area contributed by atoms with Crippen molar-refractivity contribution in [3.63, 3.8) is 0 Å². The summed E-state index contributed by atoms with van der Waals surface area (Å²) in [6, 6.07) is 11.9. The lowest BCUT2D eigenvalue weighted by atomic mass is 9.88. The summed E-state index contributed by atoms with van der Waals surface area (Å²) >= 11 is 0. The number of rotatable bonds is 5. The summed E-state index contributed by atoms with van der Waals surface area (Å²) in [6.45, 7) is 4.27. The summed E-state index contributed by atoms with van der Waals surface area (Å²) in [5, 5.41) is 5.79. The van der Waals surface area contributed by atoms with Crippen molar-refractivity contribution >= 4 is 17.8 Å². The van der Waals surface area contributed by atoms with Gasteiger partial charge in [0.2, 0.25) is 0 Å². The van der Waals surface area contributed by atoms with E-state index >= 15 is 0 Å². The van der Waals surface area contributed by atoms with Crippen LogP contribution in [-0.4, -0.2) is 43.4 Å². The summed E-state index contributed by atoms with van der Waals surface area (Å²) in [6.07, 6.45) is 0. The zero-order chi connectivity index (χ0) is 21.5. The molecule has 2 heterocycles. The second kappa shape index (κ2) is 7.22. The molecule has 0 spiro atoms. The molecule has 2 aliphatic heterocycles.